The van der Waals surface area contributed by atoms with Crippen LogP contribution in [-0.2, 0) is 14.8 Å². The van der Waals surface area contributed by atoms with Crippen LogP contribution in [0.1, 0.15) is 17.9 Å². The second-order valence-corrected chi connectivity index (χ2v) is 9.18. The lowest BCUT2D eigenvalue weighted by Gasteiger charge is -2.15. The normalized spacial score (nSPS) is 21.7. The Bertz CT molecular complexity index is 1060. The van der Waals surface area contributed by atoms with Gasteiger partial charge in [-0.1, -0.05) is 48.5 Å². The van der Waals surface area contributed by atoms with Gasteiger partial charge in [-0.3, -0.25) is 4.79 Å². The van der Waals surface area contributed by atoms with Gasteiger partial charge < -0.3 is 5.11 Å². The van der Waals surface area contributed by atoms with Gasteiger partial charge in [-0.25, -0.2) is 8.42 Å². The molecule has 2 aromatic carbocycles. The van der Waals surface area contributed by atoms with E-state index in [4.69, 9.17) is 0 Å². The number of sulfonamides is 1. The topological polar surface area (TPSA) is 83.5 Å². The van der Waals surface area contributed by atoms with Gasteiger partial charge in [0.05, 0.1) is 4.90 Å². The van der Waals surface area contributed by atoms with Gasteiger partial charge >= 0.3 is 5.97 Å². The molecule has 1 saturated carbocycles. The van der Waals surface area contributed by atoms with E-state index in [0.717, 1.165) is 16.0 Å². The van der Waals surface area contributed by atoms with E-state index in [-0.39, 0.29) is 17.2 Å². The van der Waals surface area contributed by atoms with Crippen LogP contribution in [0.15, 0.2) is 77.0 Å². The van der Waals surface area contributed by atoms with Crippen LogP contribution in [0.4, 0.5) is 0 Å². The molecule has 138 valence electrons. The number of rotatable bonds is 6. The Morgan fingerprint density at radius 3 is 2.33 bits per heavy atom. The number of aliphatic carboxylic acids is 1. The van der Waals surface area contributed by atoms with Crippen molar-refractivity contribution >= 4 is 27.3 Å². The highest BCUT2D eigenvalue weighted by Crippen LogP contribution is 2.52. The van der Waals surface area contributed by atoms with Crippen LogP contribution in [0.2, 0.25) is 0 Å². The molecule has 0 spiro atoms. The first-order chi connectivity index (χ1) is 12.9. The maximum absolute atomic E-state index is 12.8. The van der Waals surface area contributed by atoms with Crippen molar-refractivity contribution in [2.24, 2.45) is 0 Å². The molecule has 2 unspecified atom stereocenters. The molecule has 0 amide bonds. The monoisotopic (exact) mass is 399 g/mol. The highest BCUT2D eigenvalue weighted by molar-refractivity contribution is 7.89. The van der Waals surface area contributed by atoms with Gasteiger partial charge in [-0.15, -0.1) is 11.3 Å². The number of hydrogen-bond acceptors (Lipinski definition) is 4. The van der Waals surface area contributed by atoms with Crippen LogP contribution in [0.25, 0.3) is 10.4 Å². The maximum atomic E-state index is 12.8. The minimum absolute atomic E-state index is 0.0575. The zero-order valence-electron chi connectivity index (χ0n) is 14.2. The fraction of sp³-hybridized carbons (Fsp3) is 0.150. The molecule has 27 heavy (non-hydrogen) atoms. The molecular formula is C20H17NO4S2. The summed E-state index contributed by atoms with van der Waals surface area (Å²) in [4.78, 5) is 13.0. The summed E-state index contributed by atoms with van der Waals surface area (Å²) in [5, 5.41) is 11.6. The van der Waals surface area contributed by atoms with Crippen molar-refractivity contribution in [2.45, 2.75) is 22.8 Å². The Morgan fingerprint density at radius 2 is 1.74 bits per heavy atom. The third-order valence-corrected chi connectivity index (χ3v) is 7.28. The van der Waals surface area contributed by atoms with Crippen LogP contribution in [-0.4, -0.2) is 25.0 Å². The molecular weight excluding hydrogens is 382 g/mol. The minimum Gasteiger partial charge on any atom is -0.480 e. The van der Waals surface area contributed by atoms with Gasteiger partial charge in [0.1, 0.15) is 5.54 Å². The quantitative estimate of drug-likeness (QED) is 0.662. The van der Waals surface area contributed by atoms with E-state index < -0.39 is 21.5 Å². The molecule has 7 heteroatoms. The Kier molecular flexibility index (Phi) is 4.38. The summed E-state index contributed by atoms with van der Waals surface area (Å²) < 4.78 is 28.0. The van der Waals surface area contributed by atoms with Gasteiger partial charge in [0.25, 0.3) is 0 Å². The molecule has 0 saturated heterocycles. The van der Waals surface area contributed by atoms with Gasteiger partial charge in [0.2, 0.25) is 10.0 Å². The van der Waals surface area contributed by atoms with Crippen LogP contribution in [0.3, 0.4) is 0 Å². The molecule has 5 nitrogen and oxygen atoms in total. The average molecular weight is 399 g/mol. The van der Waals surface area contributed by atoms with Crippen LogP contribution >= 0.6 is 11.3 Å². The standard InChI is InChI=1S/C20H17NO4S2/c22-19(23)20(13-17(20)14-5-2-1-3-6-14)21-27(24,25)16-10-8-15(9-11-16)18-7-4-12-26-18/h1-12,17,21H,13H2,(H,22,23). The summed E-state index contributed by atoms with van der Waals surface area (Å²) in [6.07, 6.45) is 0.235. The molecule has 0 radical (unpaired) electrons. The summed E-state index contributed by atoms with van der Waals surface area (Å²) in [6.45, 7) is 0. The molecule has 0 aliphatic heterocycles. The lowest BCUT2D eigenvalue weighted by molar-refractivity contribution is -0.140. The molecule has 1 aliphatic carbocycles. The van der Waals surface area contributed by atoms with Crippen molar-refractivity contribution in [3.05, 3.63) is 77.7 Å². The Balaban J connectivity index is 1.59. The van der Waals surface area contributed by atoms with Crippen molar-refractivity contribution in [3.63, 3.8) is 0 Å². The van der Waals surface area contributed by atoms with Crippen LogP contribution < -0.4 is 4.72 Å². The zero-order chi connectivity index (χ0) is 19.1. The number of hydrogen-bond donors (Lipinski definition) is 2. The molecule has 1 heterocycles. The van der Waals surface area contributed by atoms with E-state index in [0.29, 0.717) is 0 Å². The van der Waals surface area contributed by atoms with Crippen LogP contribution in [0.5, 0.6) is 0 Å². The number of benzene rings is 2. The average Bonchev–Trinajstić information content (AvgIpc) is 3.13. The number of carbonyl (C=O) groups is 1. The second kappa shape index (κ2) is 6.60. The van der Waals surface area contributed by atoms with E-state index in [1.165, 1.54) is 12.1 Å². The Hall–Kier alpha value is -2.48. The lowest BCUT2D eigenvalue weighted by atomic mass is 10.1. The van der Waals surface area contributed by atoms with E-state index in [1.807, 2.05) is 47.8 Å². The first-order valence-electron chi connectivity index (χ1n) is 8.39. The fourth-order valence-electron chi connectivity index (χ4n) is 3.28. The van der Waals surface area contributed by atoms with Crippen molar-refractivity contribution in [2.75, 3.05) is 0 Å². The van der Waals surface area contributed by atoms with Crippen LogP contribution in [0, 0.1) is 0 Å². The predicted octanol–water partition coefficient (Wildman–Crippen LogP) is 3.70. The molecule has 1 fully saturated rings. The minimum atomic E-state index is -3.95. The molecule has 1 aromatic heterocycles. The Labute approximate surface area is 161 Å². The number of thiophene rings is 1. The first kappa shape index (κ1) is 17.9. The summed E-state index contributed by atoms with van der Waals surface area (Å²) in [5.41, 5.74) is 0.244. The third-order valence-electron chi connectivity index (χ3n) is 4.83. The van der Waals surface area contributed by atoms with Crippen molar-refractivity contribution in [3.8, 4) is 10.4 Å². The van der Waals surface area contributed by atoms with Crippen molar-refractivity contribution in [1.29, 1.82) is 0 Å². The van der Waals surface area contributed by atoms with E-state index in [2.05, 4.69) is 4.72 Å². The maximum Gasteiger partial charge on any atom is 0.325 e. The highest BCUT2D eigenvalue weighted by atomic mass is 32.2. The van der Waals surface area contributed by atoms with Crippen molar-refractivity contribution in [1.82, 2.24) is 4.72 Å². The third kappa shape index (κ3) is 3.29. The predicted molar refractivity (Wildman–Crippen MR) is 104 cm³/mol. The second-order valence-electron chi connectivity index (χ2n) is 6.55. The molecule has 3 aromatic rings. The van der Waals surface area contributed by atoms with E-state index in [1.54, 1.807) is 23.5 Å². The highest BCUT2D eigenvalue weighted by Gasteiger charge is 2.63. The first-order valence-corrected chi connectivity index (χ1v) is 10.7. The van der Waals surface area contributed by atoms with Gasteiger partial charge in [0.15, 0.2) is 0 Å². The zero-order valence-corrected chi connectivity index (χ0v) is 15.8. The smallest absolute Gasteiger partial charge is 0.325 e. The Morgan fingerprint density at radius 1 is 1.04 bits per heavy atom. The molecule has 2 N–H and O–H groups in total. The molecule has 2 atom stereocenters. The van der Waals surface area contributed by atoms with E-state index >= 15 is 0 Å². The molecule has 4 rings (SSSR count). The summed E-state index contributed by atoms with van der Waals surface area (Å²) in [6, 6.07) is 19.5. The summed E-state index contributed by atoms with van der Waals surface area (Å²) in [5.74, 6) is -1.54. The lowest BCUT2D eigenvalue weighted by Crippen LogP contribution is -2.44. The largest absolute Gasteiger partial charge is 0.480 e. The van der Waals surface area contributed by atoms with Gasteiger partial charge in [-0.05, 0) is 41.1 Å². The summed E-state index contributed by atoms with van der Waals surface area (Å²) in [7, 11) is -3.95. The van der Waals surface area contributed by atoms with Crippen molar-refractivity contribution < 1.29 is 18.3 Å². The van der Waals surface area contributed by atoms with Gasteiger partial charge in [0, 0.05) is 10.8 Å². The number of carboxylic acid groups (broad SMARTS) is 1. The molecule has 0 bridgehead atoms. The number of carboxylic acids is 1. The number of nitrogens with one attached hydrogen (secondary N) is 1. The summed E-state index contributed by atoms with van der Waals surface area (Å²) >= 11 is 1.57. The fourth-order valence-corrected chi connectivity index (χ4v) is 5.42. The SMILES string of the molecule is O=C(O)C1(NS(=O)(=O)c2ccc(-c3cccs3)cc2)CC1c1ccccc1. The van der Waals surface area contributed by atoms with E-state index in [9.17, 15) is 18.3 Å². The molecule has 1 aliphatic rings. The van der Waals surface area contributed by atoms with Gasteiger partial charge in [-0.2, -0.15) is 4.72 Å².